The Hall–Kier alpha value is -0.960. The predicted octanol–water partition coefficient (Wildman–Crippen LogP) is 3.33. The summed E-state index contributed by atoms with van der Waals surface area (Å²) in [5, 5.41) is 3.41. The molecule has 1 unspecified atom stereocenters. The molecule has 0 aromatic heterocycles. The molecular formula is C13H19NOS. The first kappa shape index (κ1) is 13.1. The summed E-state index contributed by atoms with van der Waals surface area (Å²) in [5.41, 5.74) is 0.732. The molecular weight excluding hydrogens is 218 g/mol. The van der Waals surface area contributed by atoms with Gasteiger partial charge in [0.25, 0.3) is 5.91 Å². The van der Waals surface area contributed by atoms with E-state index in [9.17, 15) is 4.79 Å². The predicted molar refractivity (Wildman–Crippen MR) is 70.1 cm³/mol. The number of benzene rings is 1. The number of nitrogens with one attached hydrogen (secondary N) is 1. The van der Waals surface area contributed by atoms with Crippen molar-refractivity contribution in [3.05, 3.63) is 29.8 Å². The second kappa shape index (κ2) is 6.59. The highest BCUT2D eigenvalue weighted by molar-refractivity contribution is 7.99. The van der Waals surface area contributed by atoms with E-state index in [0.717, 1.165) is 12.0 Å². The zero-order chi connectivity index (χ0) is 12.0. The molecule has 0 aliphatic carbocycles. The quantitative estimate of drug-likeness (QED) is 0.796. The largest absolute Gasteiger partial charge is 0.352 e. The maximum Gasteiger partial charge on any atom is 0.251 e. The molecule has 1 amide bonds. The third kappa shape index (κ3) is 3.89. The fourth-order valence-corrected chi connectivity index (χ4v) is 2.19. The van der Waals surface area contributed by atoms with Gasteiger partial charge in [-0.3, -0.25) is 4.79 Å². The maximum absolute atomic E-state index is 11.5. The summed E-state index contributed by atoms with van der Waals surface area (Å²) < 4.78 is 0. The van der Waals surface area contributed by atoms with Crippen molar-refractivity contribution >= 4 is 17.7 Å². The molecule has 0 bridgehead atoms. The van der Waals surface area contributed by atoms with Gasteiger partial charge in [0, 0.05) is 22.3 Å². The number of hydrogen-bond acceptors (Lipinski definition) is 2. The van der Waals surface area contributed by atoms with E-state index in [1.807, 2.05) is 43.0 Å². The van der Waals surface area contributed by atoms with Crippen molar-refractivity contribution in [2.24, 2.45) is 0 Å². The van der Waals surface area contributed by atoms with Crippen LogP contribution >= 0.6 is 11.8 Å². The van der Waals surface area contributed by atoms with Crippen LogP contribution in [0.2, 0.25) is 0 Å². The van der Waals surface area contributed by atoms with Gasteiger partial charge in [-0.2, -0.15) is 0 Å². The Bertz CT molecular complexity index is 334. The van der Waals surface area contributed by atoms with E-state index >= 15 is 0 Å². The molecule has 1 atom stereocenters. The first-order valence-electron chi connectivity index (χ1n) is 5.72. The standard InChI is InChI=1S/C13H19NOS/c1-4-10(3)16-12-8-6-11(7-9-12)13(15)14-5-2/h6-10H,4-5H2,1-3H3,(H,14,15). The van der Waals surface area contributed by atoms with Gasteiger partial charge in [-0.15, -0.1) is 11.8 Å². The Morgan fingerprint density at radius 2 is 1.94 bits per heavy atom. The molecule has 16 heavy (non-hydrogen) atoms. The number of thioether (sulfide) groups is 1. The normalized spacial score (nSPS) is 12.2. The molecule has 0 radical (unpaired) electrons. The highest BCUT2D eigenvalue weighted by Gasteiger charge is 2.05. The maximum atomic E-state index is 11.5. The molecule has 2 nitrogen and oxygen atoms in total. The van der Waals surface area contributed by atoms with E-state index in [2.05, 4.69) is 19.2 Å². The first-order valence-corrected chi connectivity index (χ1v) is 6.60. The van der Waals surface area contributed by atoms with Gasteiger partial charge in [0.15, 0.2) is 0 Å². The van der Waals surface area contributed by atoms with Crippen molar-refractivity contribution in [2.45, 2.75) is 37.3 Å². The van der Waals surface area contributed by atoms with Crippen molar-refractivity contribution < 1.29 is 4.79 Å². The SMILES string of the molecule is CCNC(=O)c1ccc(SC(C)CC)cc1. The zero-order valence-corrected chi connectivity index (χ0v) is 10.9. The van der Waals surface area contributed by atoms with Gasteiger partial charge in [0.1, 0.15) is 0 Å². The van der Waals surface area contributed by atoms with Crippen LogP contribution < -0.4 is 5.32 Å². The second-order valence-electron chi connectivity index (χ2n) is 3.72. The Morgan fingerprint density at radius 3 is 2.44 bits per heavy atom. The monoisotopic (exact) mass is 237 g/mol. The fourth-order valence-electron chi connectivity index (χ4n) is 1.26. The summed E-state index contributed by atoms with van der Waals surface area (Å²) in [4.78, 5) is 12.7. The lowest BCUT2D eigenvalue weighted by Crippen LogP contribution is -2.22. The van der Waals surface area contributed by atoms with Crippen LogP contribution in [0.1, 0.15) is 37.6 Å². The summed E-state index contributed by atoms with van der Waals surface area (Å²) in [6.07, 6.45) is 1.16. The van der Waals surface area contributed by atoms with Crippen molar-refractivity contribution in [1.29, 1.82) is 0 Å². The average Bonchev–Trinajstić information content (AvgIpc) is 2.30. The topological polar surface area (TPSA) is 29.1 Å². The molecule has 0 spiro atoms. The van der Waals surface area contributed by atoms with E-state index in [-0.39, 0.29) is 5.91 Å². The van der Waals surface area contributed by atoms with Gasteiger partial charge in [-0.05, 0) is 37.6 Å². The highest BCUT2D eigenvalue weighted by atomic mass is 32.2. The molecule has 0 heterocycles. The first-order chi connectivity index (χ1) is 7.67. The lowest BCUT2D eigenvalue weighted by molar-refractivity contribution is 0.0956. The molecule has 1 N–H and O–H groups in total. The molecule has 1 aromatic rings. The average molecular weight is 237 g/mol. The van der Waals surface area contributed by atoms with Gasteiger partial charge in [-0.25, -0.2) is 0 Å². The Morgan fingerprint density at radius 1 is 1.31 bits per heavy atom. The molecule has 0 aliphatic heterocycles. The Kier molecular flexibility index (Phi) is 5.39. The summed E-state index contributed by atoms with van der Waals surface area (Å²) in [6, 6.07) is 7.80. The van der Waals surface area contributed by atoms with E-state index in [1.54, 1.807) is 0 Å². The second-order valence-corrected chi connectivity index (χ2v) is 5.23. The van der Waals surface area contributed by atoms with Crippen LogP contribution in [-0.2, 0) is 0 Å². The molecule has 1 aromatic carbocycles. The van der Waals surface area contributed by atoms with Gasteiger partial charge in [0.05, 0.1) is 0 Å². The van der Waals surface area contributed by atoms with Crippen molar-refractivity contribution in [2.75, 3.05) is 6.54 Å². The van der Waals surface area contributed by atoms with Gasteiger partial charge < -0.3 is 5.32 Å². The molecule has 88 valence electrons. The minimum absolute atomic E-state index is 0.00240. The molecule has 0 saturated carbocycles. The Labute approximate surface area is 102 Å². The Balaban J connectivity index is 2.64. The number of carbonyl (C=O) groups is 1. The third-order valence-corrected chi connectivity index (χ3v) is 3.65. The van der Waals surface area contributed by atoms with E-state index in [4.69, 9.17) is 0 Å². The van der Waals surface area contributed by atoms with Crippen LogP contribution in [0.5, 0.6) is 0 Å². The minimum Gasteiger partial charge on any atom is -0.352 e. The van der Waals surface area contributed by atoms with Crippen molar-refractivity contribution in [3.8, 4) is 0 Å². The summed E-state index contributed by atoms with van der Waals surface area (Å²) in [6.45, 7) is 6.98. The summed E-state index contributed by atoms with van der Waals surface area (Å²) >= 11 is 1.85. The van der Waals surface area contributed by atoms with Crippen LogP contribution in [0.15, 0.2) is 29.2 Å². The minimum atomic E-state index is 0.00240. The van der Waals surface area contributed by atoms with E-state index < -0.39 is 0 Å². The summed E-state index contributed by atoms with van der Waals surface area (Å²) in [5.74, 6) is 0.00240. The van der Waals surface area contributed by atoms with Gasteiger partial charge in [0.2, 0.25) is 0 Å². The third-order valence-electron chi connectivity index (χ3n) is 2.37. The summed E-state index contributed by atoms with van der Waals surface area (Å²) in [7, 11) is 0. The molecule has 3 heteroatoms. The number of rotatable bonds is 5. The number of hydrogen-bond donors (Lipinski definition) is 1. The molecule has 0 aliphatic rings. The van der Waals surface area contributed by atoms with Crippen LogP contribution in [-0.4, -0.2) is 17.7 Å². The van der Waals surface area contributed by atoms with Gasteiger partial charge in [-0.1, -0.05) is 13.8 Å². The molecule has 1 rings (SSSR count). The van der Waals surface area contributed by atoms with Crippen LogP contribution in [0.25, 0.3) is 0 Å². The van der Waals surface area contributed by atoms with E-state index in [1.165, 1.54) is 4.90 Å². The van der Waals surface area contributed by atoms with Crippen LogP contribution in [0.3, 0.4) is 0 Å². The fraction of sp³-hybridized carbons (Fsp3) is 0.462. The number of carbonyl (C=O) groups excluding carboxylic acids is 1. The van der Waals surface area contributed by atoms with Crippen molar-refractivity contribution in [1.82, 2.24) is 5.32 Å². The number of amides is 1. The molecule has 0 saturated heterocycles. The van der Waals surface area contributed by atoms with E-state index in [0.29, 0.717) is 11.8 Å². The smallest absolute Gasteiger partial charge is 0.251 e. The molecule has 0 fully saturated rings. The lowest BCUT2D eigenvalue weighted by atomic mass is 10.2. The zero-order valence-electron chi connectivity index (χ0n) is 10.1. The van der Waals surface area contributed by atoms with Gasteiger partial charge >= 0.3 is 0 Å². The lowest BCUT2D eigenvalue weighted by Gasteiger charge is -2.08. The van der Waals surface area contributed by atoms with Crippen LogP contribution in [0, 0.1) is 0 Å². The van der Waals surface area contributed by atoms with Crippen molar-refractivity contribution in [3.63, 3.8) is 0 Å². The van der Waals surface area contributed by atoms with Crippen LogP contribution in [0.4, 0.5) is 0 Å². The highest BCUT2D eigenvalue weighted by Crippen LogP contribution is 2.24.